The van der Waals surface area contributed by atoms with E-state index >= 15 is 0 Å². The van der Waals surface area contributed by atoms with E-state index in [2.05, 4.69) is 4.98 Å². The molecule has 1 aromatic heterocycles. The Hall–Kier alpha value is -2.58. The summed E-state index contributed by atoms with van der Waals surface area (Å²) in [4.78, 5) is 53.8. The van der Waals surface area contributed by atoms with E-state index < -0.39 is 17.2 Å². The Morgan fingerprint density at radius 3 is 2.42 bits per heavy atom. The average molecular weight is 465 g/mol. The fourth-order valence-corrected chi connectivity index (χ4v) is 4.24. The molecule has 1 aromatic rings. The molecule has 0 bridgehead atoms. The fraction of sp³-hybridized carbons (Fsp3) is 0.750. The molecule has 1 heterocycles. The zero-order valence-corrected chi connectivity index (χ0v) is 20.2. The first-order valence-corrected chi connectivity index (χ1v) is 12.5. The minimum absolute atomic E-state index is 0.0117. The van der Waals surface area contributed by atoms with Crippen molar-refractivity contribution in [3.05, 3.63) is 20.8 Å². The monoisotopic (exact) mass is 464 g/mol. The lowest BCUT2D eigenvalue weighted by Crippen LogP contribution is -2.41. The van der Waals surface area contributed by atoms with Crippen molar-refractivity contribution < 1.29 is 14.3 Å². The van der Waals surface area contributed by atoms with Crippen LogP contribution in [0.4, 0.5) is 11.5 Å². The highest BCUT2D eigenvalue weighted by molar-refractivity contribution is 5.96. The van der Waals surface area contributed by atoms with E-state index in [1.54, 1.807) is 0 Å². The predicted molar refractivity (Wildman–Crippen MR) is 129 cm³/mol. The summed E-state index contributed by atoms with van der Waals surface area (Å²) < 4.78 is 6.70. The second-order valence-corrected chi connectivity index (χ2v) is 8.94. The van der Waals surface area contributed by atoms with Gasteiger partial charge in [-0.1, -0.05) is 52.4 Å². The summed E-state index contributed by atoms with van der Waals surface area (Å²) in [7, 11) is 0. The van der Waals surface area contributed by atoms with Gasteiger partial charge in [0.15, 0.2) is 5.69 Å². The Bertz CT molecular complexity index is 886. The van der Waals surface area contributed by atoms with Gasteiger partial charge in [-0.05, 0) is 31.6 Å². The highest BCUT2D eigenvalue weighted by Gasteiger charge is 2.25. The molecule has 0 aliphatic heterocycles. The molecule has 186 valence electrons. The van der Waals surface area contributed by atoms with Crippen LogP contribution in [0.2, 0.25) is 0 Å². The van der Waals surface area contributed by atoms with Gasteiger partial charge in [0.05, 0.1) is 13.0 Å². The van der Waals surface area contributed by atoms with Crippen molar-refractivity contribution in [3.63, 3.8) is 0 Å². The standard InChI is InChI=1S/C24H40N4O5/c1-3-5-10-16-27(21-22(25)28(15-6-4-2)24(32)26-23(21)31)19(29)13-14-20(30)33-17-18-11-8-7-9-12-18/h18H,3-17,25H2,1-2H3,(H,26,31,32). The van der Waals surface area contributed by atoms with Crippen LogP contribution < -0.4 is 21.9 Å². The van der Waals surface area contributed by atoms with Gasteiger partial charge in [-0.15, -0.1) is 0 Å². The summed E-state index contributed by atoms with van der Waals surface area (Å²) in [5.41, 5.74) is 4.93. The molecule has 1 aliphatic rings. The number of aromatic nitrogens is 2. The maximum atomic E-state index is 13.1. The molecule has 0 aromatic carbocycles. The van der Waals surface area contributed by atoms with E-state index in [0.717, 1.165) is 32.1 Å². The number of nitrogens with two attached hydrogens (primary N) is 1. The largest absolute Gasteiger partial charge is 0.465 e. The van der Waals surface area contributed by atoms with Crippen molar-refractivity contribution in [1.29, 1.82) is 0 Å². The second kappa shape index (κ2) is 13.9. The summed E-state index contributed by atoms with van der Waals surface area (Å²) in [6.07, 6.45) is 9.66. The second-order valence-electron chi connectivity index (χ2n) is 8.94. The van der Waals surface area contributed by atoms with Crippen LogP contribution in [0.25, 0.3) is 0 Å². The molecule has 0 radical (unpaired) electrons. The third-order valence-corrected chi connectivity index (χ3v) is 6.25. The highest BCUT2D eigenvalue weighted by atomic mass is 16.5. The maximum Gasteiger partial charge on any atom is 0.330 e. The topological polar surface area (TPSA) is 127 Å². The first-order valence-electron chi connectivity index (χ1n) is 12.5. The quantitative estimate of drug-likeness (QED) is 0.340. The molecule has 1 amide bonds. The minimum atomic E-state index is -0.685. The molecule has 9 nitrogen and oxygen atoms in total. The van der Waals surface area contributed by atoms with Gasteiger partial charge in [-0.2, -0.15) is 0 Å². The number of hydrogen-bond donors (Lipinski definition) is 2. The number of amides is 1. The van der Waals surface area contributed by atoms with E-state index in [1.165, 1.54) is 28.7 Å². The number of unbranched alkanes of at least 4 members (excludes halogenated alkanes) is 3. The van der Waals surface area contributed by atoms with Crippen molar-refractivity contribution >= 4 is 23.4 Å². The van der Waals surface area contributed by atoms with Crippen LogP contribution in [0.5, 0.6) is 0 Å². The van der Waals surface area contributed by atoms with Gasteiger partial charge in [0, 0.05) is 19.5 Å². The molecular weight excluding hydrogens is 424 g/mol. The number of nitrogen functional groups attached to an aromatic ring is 1. The smallest absolute Gasteiger partial charge is 0.330 e. The fourth-order valence-electron chi connectivity index (χ4n) is 4.24. The maximum absolute atomic E-state index is 13.1. The van der Waals surface area contributed by atoms with Crippen LogP contribution in [0.1, 0.15) is 90.9 Å². The molecule has 0 saturated heterocycles. The zero-order chi connectivity index (χ0) is 24.2. The number of hydrogen-bond acceptors (Lipinski definition) is 6. The molecular formula is C24H40N4O5. The zero-order valence-electron chi connectivity index (χ0n) is 20.2. The highest BCUT2D eigenvalue weighted by Crippen LogP contribution is 2.24. The van der Waals surface area contributed by atoms with Crippen LogP contribution in [0.15, 0.2) is 9.59 Å². The Morgan fingerprint density at radius 1 is 1.06 bits per heavy atom. The molecule has 33 heavy (non-hydrogen) atoms. The first-order chi connectivity index (χ1) is 15.9. The Morgan fingerprint density at radius 2 is 1.76 bits per heavy atom. The van der Waals surface area contributed by atoms with Crippen LogP contribution in [0.3, 0.4) is 0 Å². The van der Waals surface area contributed by atoms with E-state index in [-0.39, 0.29) is 30.3 Å². The van der Waals surface area contributed by atoms with Gasteiger partial charge < -0.3 is 15.4 Å². The molecule has 0 unspecified atom stereocenters. The number of ether oxygens (including phenoxy) is 1. The number of anilines is 2. The van der Waals surface area contributed by atoms with Gasteiger partial charge in [0.2, 0.25) is 5.91 Å². The molecule has 2 rings (SSSR count). The molecule has 9 heteroatoms. The number of aromatic amines is 1. The molecule has 1 fully saturated rings. The number of carbonyl (C=O) groups is 2. The van der Waals surface area contributed by atoms with Gasteiger partial charge >= 0.3 is 11.7 Å². The average Bonchev–Trinajstić information content (AvgIpc) is 2.80. The third kappa shape index (κ3) is 8.05. The number of esters is 1. The minimum Gasteiger partial charge on any atom is -0.465 e. The van der Waals surface area contributed by atoms with Crippen molar-refractivity contribution in [2.45, 2.75) is 97.4 Å². The lowest BCUT2D eigenvalue weighted by atomic mass is 9.90. The third-order valence-electron chi connectivity index (χ3n) is 6.25. The van der Waals surface area contributed by atoms with Gasteiger partial charge in [0.1, 0.15) is 5.82 Å². The summed E-state index contributed by atoms with van der Waals surface area (Å²) >= 11 is 0. The summed E-state index contributed by atoms with van der Waals surface area (Å²) in [6.45, 7) is 5.09. The van der Waals surface area contributed by atoms with Crippen LogP contribution in [0, 0.1) is 5.92 Å². The lowest BCUT2D eigenvalue weighted by Gasteiger charge is -2.25. The van der Waals surface area contributed by atoms with Crippen LogP contribution >= 0.6 is 0 Å². The number of nitrogens with one attached hydrogen (secondary N) is 1. The van der Waals surface area contributed by atoms with Gasteiger partial charge in [-0.3, -0.25) is 23.9 Å². The van der Waals surface area contributed by atoms with Crippen molar-refractivity contribution in [1.82, 2.24) is 9.55 Å². The van der Waals surface area contributed by atoms with Crippen molar-refractivity contribution in [2.75, 3.05) is 23.8 Å². The van der Waals surface area contributed by atoms with E-state index in [4.69, 9.17) is 10.5 Å². The van der Waals surface area contributed by atoms with E-state index in [1.807, 2.05) is 13.8 Å². The van der Waals surface area contributed by atoms with E-state index in [9.17, 15) is 19.2 Å². The molecule has 1 saturated carbocycles. The Kier molecular flexibility index (Phi) is 11.2. The van der Waals surface area contributed by atoms with Crippen LogP contribution in [-0.4, -0.2) is 34.6 Å². The summed E-state index contributed by atoms with van der Waals surface area (Å²) in [6, 6.07) is 0. The Labute approximate surface area is 195 Å². The molecule has 1 aliphatic carbocycles. The van der Waals surface area contributed by atoms with Crippen LogP contribution in [-0.2, 0) is 20.9 Å². The van der Waals surface area contributed by atoms with Crippen molar-refractivity contribution in [2.24, 2.45) is 5.92 Å². The lowest BCUT2D eigenvalue weighted by molar-refractivity contribution is -0.146. The number of nitrogens with zero attached hydrogens (tertiary/aromatic N) is 2. The van der Waals surface area contributed by atoms with E-state index in [0.29, 0.717) is 38.5 Å². The number of rotatable bonds is 13. The van der Waals surface area contributed by atoms with Gasteiger partial charge in [-0.25, -0.2) is 4.79 Å². The first kappa shape index (κ1) is 26.7. The number of carbonyl (C=O) groups excluding carboxylic acids is 2. The molecule has 0 atom stereocenters. The predicted octanol–water partition coefficient (Wildman–Crippen LogP) is 3.35. The van der Waals surface area contributed by atoms with Gasteiger partial charge in [0.25, 0.3) is 5.56 Å². The summed E-state index contributed by atoms with van der Waals surface area (Å²) in [5.74, 6) is -0.385. The SMILES string of the molecule is CCCCCN(C(=O)CCC(=O)OCC1CCCCC1)c1c(N)n(CCCC)c(=O)[nH]c1=O. The summed E-state index contributed by atoms with van der Waals surface area (Å²) in [5, 5.41) is 0. The van der Waals surface area contributed by atoms with Crippen molar-refractivity contribution in [3.8, 4) is 0 Å². The normalized spacial score (nSPS) is 14.2. The number of H-pyrrole nitrogens is 1. The molecule has 0 spiro atoms. The molecule has 3 N–H and O–H groups in total. The Balaban J connectivity index is 2.11.